The minimum Gasteiger partial charge on any atom is -0.464 e. The lowest BCUT2D eigenvalue weighted by Gasteiger charge is -2.27. The highest BCUT2D eigenvalue weighted by molar-refractivity contribution is 5.70. The molecular weight excluding hydrogens is 650 g/mol. The molecule has 0 heterocycles. The van der Waals surface area contributed by atoms with E-state index in [1.54, 1.807) is 20.8 Å². The van der Waals surface area contributed by atoms with Crippen LogP contribution in [0.1, 0.15) is 189 Å². The molecule has 7 heteroatoms. The van der Waals surface area contributed by atoms with E-state index in [2.05, 4.69) is 62.5 Å². The lowest BCUT2D eigenvalue weighted by Crippen LogP contribution is -2.41. The Morgan fingerprint density at radius 1 is 0.481 bits per heavy atom. The summed E-state index contributed by atoms with van der Waals surface area (Å²) >= 11 is 0. The topological polar surface area (TPSA) is 82.1 Å². The minimum absolute atomic E-state index is 0.0816. The van der Waals surface area contributed by atoms with Crippen LogP contribution in [0, 0.1) is 0 Å². The molecule has 0 N–H and O–H groups in total. The number of amides is 1. The standard InChI is InChI=1S/C45H79NO6/c1-6-8-10-12-14-16-18-20-22-24-26-28-30-32-34-36-42(47)50-40-38-46(44(49)52-45(3,4)5)39-41-51-43(48)37-35-33-31-29-27-25-23-21-19-17-15-13-11-9-7-2/h14-17,20-23H,6-13,18-19,24-41H2,1-5H3/b16-14-,17-15-,22-20-,23-21-. The molecule has 52 heavy (non-hydrogen) atoms. The van der Waals surface area contributed by atoms with Gasteiger partial charge in [0.15, 0.2) is 0 Å². The summed E-state index contributed by atoms with van der Waals surface area (Å²) in [6.07, 6.45) is 43.3. The van der Waals surface area contributed by atoms with Crippen LogP contribution in [0.3, 0.4) is 0 Å². The molecule has 0 aliphatic rings. The van der Waals surface area contributed by atoms with Gasteiger partial charge >= 0.3 is 18.0 Å². The highest BCUT2D eigenvalue weighted by Crippen LogP contribution is 2.12. The first-order valence-corrected chi connectivity index (χ1v) is 21.1. The lowest BCUT2D eigenvalue weighted by molar-refractivity contribution is -0.144. The van der Waals surface area contributed by atoms with E-state index in [-0.39, 0.29) is 38.2 Å². The molecule has 1 amide bonds. The zero-order valence-corrected chi connectivity index (χ0v) is 34.3. The van der Waals surface area contributed by atoms with Crippen LogP contribution in [-0.4, -0.2) is 54.8 Å². The third-order valence-corrected chi connectivity index (χ3v) is 8.56. The number of rotatable bonds is 34. The van der Waals surface area contributed by atoms with Gasteiger partial charge in [-0.15, -0.1) is 0 Å². The molecule has 0 fully saturated rings. The van der Waals surface area contributed by atoms with Gasteiger partial charge in [0.2, 0.25) is 0 Å². The van der Waals surface area contributed by atoms with Gasteiger partial charge in [-0.05, 0) is 97.8 Å². The second-order valence-electron chi connectivity index (χ2n) is 14.9. The fraction of sp³-hybridized carbons (Fsp3) is 0.756. The van der Waals surface area contributed by atoms with Gasteiger partial charge in [-0.1, -0.05) is 127 Å². The Hall–Kier alpha value is -2.83. The second-order valence-corrected chi connectivity index (χ2v) is 14.9. The normalized spacial score (nSPS) is 12.1. The van der Waals surface area contributed by atoms with Crippen LogP contribution >= 0.6 is 0 Å². The van der Waals surface area contributed by atoms with E-state index in [0.717, 1.165) is 77.0 Å². The Morgan fingerprint density at radius 2 is 0.827 bits per heavy atom. The first-order valence-electron chi connectivity index (χ1n) is 21.1. The van der Waals surface area contributed by atoms with E-state index in [1.165, 1.54) is 69.1 Å². The summed E-state index contributed by atoms with van der Waals surface area (Å²) in [6.45, 7) is 10.4. The van der Waals surface area contributed by atoms with Crippen molar-refractivity contribution in [2.24, 2.45) is 0 Å². The lowest BCUT2D eigenvalue weighted by atomic mass is 10.1. The van der Waals surface area contributed by atoms with Crippen molar-refractivity contribution >= 4 is 18.0 Å². The number of esters is 2. The fourth-order valence-corrected chi connectivity index (χ4v) is 5.47. The van der Waals surface area contributed by atoms with Crippen LogP contribution in [0.2, 0.25) is 0 Å². The van der Waals surface area contributed by atoms with Crippen molar-refractivity contribution in [1.82, 2.24) is 4.90 Å². The van der Waals surface area contributed by atoms with Crippen molar-refractivity contribution in [2.75, 3.05) is 26.3 Å². The van der Waals surface area contributed by atoms with E-state index < -0.39 is 11.7 Å². The summed E-state index contributed by atoms with van der Waals surface area (Å²) in [5.74, 6) is -0.503. The van der Waals surface area contributed by atoms with Crippen LogP contribution in [0.25, 0.3) is 0 Å². The van der Waals surface area contributed by atoms with Crippen LogP contribution in [0.15, 0.2) is 48.6 Å². The number of ether oxygens (including phenoxy) is 3. The summed E-state index contributed by atoms with van der Waals surface area (Å²) in [4.78, 5) is 38.8. The number of nitrogens with zero attached hydrogens (tertiary/aromatic N) is 1. The van der Waals surface area contributed by atoms with Gasteiger partial charge < -0.3 is 19.1 Å². The van der Waals surface area contributed by atoms with Crippen LogP contribution < -0.4 is 0 Å². The Labute approximate surface area is 320 Å². The summed E-state index contributed by atoms with van der Waals surface area (Å²) < 4.78 is 16.4. The third kappa shape index (κ3) is 36.9. The number of unbranched alkanes of at least 4 members (excludes halogenated alkanes) is 16. The summed E-state index contributed by atoms with van der Waals surface area (Å²) in [5, 5.41) is 0. The Balaban J connectivity index is 4.07. The predicted molar refractivity (Wildman–Crippen MR) is 218 cm³/mol. The van der Waals surface area contributed by atoms with E-state index in [1.807, 2.05) is 0 Å². The van der Waals surface area contributed by atoms with E-state index in [0.29, 0.717) is 12.8 Å². The summed E-state index contributed by atoms with van der Waals surface area (Å²) in [5.41, 5.74) is -0.662. The highest BCUT2D eigenvalue weighted by Gasteiger charge is 2.22. The van der Waals surface area contributed by atoms with Crippen molar-refractivity contribution in [3.8, 4) is 0 Å². The average Bonchev–Trinajstić information content (AvgIpc) is 3.10. The third-order valence-electron chi connectivity index (χ3n) is 8.56. The molecule has 0 aliphatic heterocycles. The van der Waals surface area contributed by atoms with Crippen LogP contribution in [0.5, 0.6) is 0 Å². The van der Waals surface area contributed by atoms with Crippen molar-refractivity contribution in [1.29, 1.82) is 0 Å². The Morgan fingerprint density at radius 3 is 1.19 bits per heavy atom. The van der Waals surface area contributed by atoms with Gasteiger partial charge in [0.25, 0.3) is 0 Å². The van der Waals surface area contributed by atoms with E-state index in [4.69, 9.17) is 14.2 Å². The molecule has 0 rings (SSSR count). The zero-order valence-electron chi connectivity index (χ0n) is 34.3. The zero-order chi connectivity index (χ0) is 38.4. The van der Waals surface area contributed by atoms with Crippen molar-refractivity contribution in [2.45, 2.75) is 194 Å². The van der Waals surface area contributed by atoms with Gasteiger partial charge in [0, 0.05) is 12.8 Å². The molecular formula is C45H79NO6. The fourth-order valence-electron chi connectivity index (χ4n) is 5.47. The molecule has 0 saturated heterocycles. The molecule has 300 valence electrons. The number of carbonyl (C=O) groups is 3. The van der Waals surface area contributed by atoms with Crippen molar-refractivity contribution in [3.63, 3.8) is 0 Å². The molecule has 0 unspecified atom stereocenters. The monoisotopic (exact) mass is 730 g/mol. The van der Waals surface area contributed by atoms with Gasteiger partial charge in [-0.25, -0.2) is 4.79 Å². The largest absolute Gasteiger partial charge is 0.464 e. The minimum atomic E-state index is -0.662. The van der Waals surface area contributed by atoms with E-state index in [9.17, 15) is 14.4 Å². The number of hydrogen-bond acceptors (Lipinski definition) is 6. The molecule has 0 aromatic heterocycles. The quantitative estimate of drug-likeness (QED) is 0.0284. The van der Waals surface area contributed by atoms with Crippen LogP contribution in [0.4, 0.5) is 4.79 Å². The first kappa shape index (κ1) is 49.2. The molecule has 0 saturated carbocycles. The van der Waals surface area contributed by atoms with Gasteiger partial charge in [0.05, 0.1) is 13.1 Å². The molecule has 0 aliphatic carbocycles. The predicted octanol–water partition coefficient (Wildman–Crippen LogP) is 12.9. The van der Waals surface area contributed by atoms with Gasteiger partial charge in [-0.2, -0.15) is 0 Å². The van der Waals surface area contributed by atoms with Crippen molar-refractivity contribution < 1.29 is 28.6 Å². The molecule has 0 bridgehead atoms. The SMILES string of the molecule is CCCCC/C=C\C/C=C\CCCCCCCC(=O)OCCN(CCOC(=O)CCCCCCC/C=C\C/C=C\CCCCC)C(=O)OC(C)(C)C. The first-order chi connectivity index (χ1) is 25.2. The van der Waals surface area contributed by atoms with Gasteiger partial charge in [0.1, 0.15) is 18.8 Å². The molecule has 7 nitrogen and oxygen atoms in total. The van der Waals surface area contributed by atoms with Crippen molar-refractivity contribution in [3.05, 3.63) is 48.6 Å². The van der Waals surface area contributed by atoms with Crippen LogP contribution in [-0.2, 0) is 23.8 Å². The maximum absolute atomic E-state index is 12.8. The molecule has 0 aromatic rings. The number of allylic oxidation sites excluding steroid dienone is 8. The molecule has 0 radical (unpaired) electrons. The molecule has 0 spiro atoms. The molecule has 0 atom stereocenters. The number of hydrogen-bond donors (Lipinski definition) is 0. The summed E-state index contributed by atoms with van der Waals surface area (Å²) in [6, 6.07) is 0. The Kier molecular flexibility index (Phi) is 34.5. The number of carbonyl (C=O) groups excluding carboxylic acids is 3. The Bertz CT molecular complexity index is 913. The second kappa shape index (κ2) is 36.5. The maximum atomic E-state index is 12.8. The average molecular weight is 730 g/mol. The highest BCUT2D eigenvalue weighted by atomic mass is 16.6. The summed E-state index contributed by atoms with van der Waals surface area (Å²) in [7, 11) is 0. The molecule has 0 aromatic carbocycles. The van der Waals surface area contributed by atoms with E-state index >= 15 is 0 Å². The smallest absolute Gasteiger partial charge is 0.410 e. The maximum Gasteiger partial charge on any atom is 0.410 e. The van der Waals surface area contributed by atoms with Gasteiger partial charge in [-0.3, -0.25) is 9.59 Å².